The Morgan fingerprint density at radius 3 is 2.61 bits per heavy atom. The fourth-order valence-corrected chi connectivity index (χ4v) is 3.93. The van der Waals surface area contributed by atoms with Gasteiger partial charge in [0.25, 0.3) is 0 Å². The van der Waals surface area contributed by atoms with E-state index in [9.17, 15) is 0 Å². The van der Waals surface area contributed by atoms with Crippen LogP contribution in [0.1, 0.15) is 37.3 Å². The minimum absolute atomic E-state index is 0. The van der Waals surface area contributed by atoms with E-state index in [4.69, 9.17) is 9.47 Å². The van der Waals surface area contributed by atoms with Gasteiger partial charge in [-0.25, -0.2) is 4.98 Å². The monoisotopic (exact) mass is 567 g/mol. The number of piperidine rings is 1. The first-order chi connectivity index (χ1) is 15.6. The van der Waals surface area contributed by atoms with Gasteiger partial charge in [-0.1, -0.05) is 12.1 Å². The van der Waals surface area contributed by atoms with Crippen LogP contribution in [0, 0.1) is 6.92 Å². The summed E-state index contributed by atoms with van der Waals surface area (Å²) in [4.78, 5) is 11.3. The molecule has 1 saturated heterocycles. The van der Waals surface area contributed by atoms with E-state index in [-0.39, 0.29) is 24.0 Å². The largest absolute Gasteiger partial charge is 0.493 e. The number of benzene rings is 1. The molecule has 8 heteroatoms. The number of aryl methyl sites for hydroxylation is 2. The molecule has 1 fully saturated rings. The number of guanidine groups is 1. The lowest BCUT2D eigenvalue weighted by molar-refractivity contribution is 0.310. The van der Waals surface area contributed by atoms with Gasteiger partial charge in [-0.15, -0.1) is 24.0 Å². The lowest BCUT2D eigenvalue weighted by Gasteiger charge is -2.33. The van der Waals surface area contributed by atoms with Crippen molar-refractivity contribution in [2.45, 2.75) is 45.6 Å². The average Bonchev–Trinajstić information content (AvgIpc) is 2.82. The number of halogens is 1. The SMILES string of the molecule is CCOc1cc(CCCNC(=NC)NC2CCN(c3ccc(C)cn3)CC2)ccc1OC.I. The Bertz CT molecular complexity index is 868. The Morgan fingerprint density at radius 1 is 1.18 bits per heavy atom. The van der Waals surface area contributed by atoms with Crippen LogP contribution in [0.15, 0.2) is 41.5 Å². The summed E-state index contributed by atoms with van der Waals surface area (Å²) in [6.07, 6.45) is 6.06. The zero-order valence-corrected chi connectivity index (χ0v) is 22.6. The van der Waals surface area contributed by atoms with Gasteiger partial charge in [0.15, 0.2) is 17.5 Å². The van der Waals surface area contributed by atoms with Crippen molar-refractivity contribution in [3.63, 3.8) is 0 Å². The summed E-state index contributed by atoms with van der Waals surface area (Å²) in [5, 5.41) is 7.04. The van der Waals surface area contributed by atoms with Gasteiger partial charge in [-0.2, -0.15) is 0 Å². The number of ether oxygens (including phenoxy) is 2. The minimum atomic E-state index is 0. The predicted octanol–water partition coefficient (Wildman–Crippen LogP) is 4.18. The third kappa shape index (κ3) is 8.24. The van der Waals surface area contributed by atoms with Gasteiger partial charge in [0, 0.05) is 38.9 Å². The third-order valence-electron chi connectivity index (χ3n) is 5.74. The van der Waals surface area contributed by atoms with Crippen molar-refractivity contribution in [1.82, 2.24) is 15.6 Å². The molecule has 33 heavy (non-hydrogen) atoms. The van der Waals surface area contributed by atoms with Gasteiger partial charge < -0.3 is 25.0 Å². The molecule has 1 aromatic heterocycles. The van der Waals surface area contributed by atoms with Crippen molar-refractivity contribution in [2.75, 3.05) is 45.3 Å². The van der Waals surface area contributed by atoms with Crippen LogP contribution < -0.4 is 25.0 Å². The first-order valence-electron chi connectivity index (χ1n) is 11.6. The molecule has 0 saturated carbocycles. The van der Waals surface area contributed by atoms with Crippen LogP contribution >= 0.6 is 24.0 Å². The Hall–Kier alpha value is -2.23. The molecule has 0 unspecified atom stereocenters. The van der Waals surface area contributed by atoms with E-state index >= 15 is 0 Å². The number of methoxy groups -OCH3 is 1. The highest BCUT2D eigenvalue weighted by Crippen LogP contribution is 2.28. The first kappa shape index (κ1) is 27.0. The number of hydrogen-bond donors (Lipinski definition) is 2. The van der Waals surface area contributed by atoms with Crippen molar-refractivity contribution in [1.29, 1.82) is 0 Å². The van der Waals surface area contributed by atoms with Crippen molar-refractivity contribution in [2.24, 2.45) is 4.99 Å². The molecule has 2 aromatic rings. The highest BCUT2D eigenvalue weighted by molar-refractivity contribution is 14.0. The molecule has 1 aliphatic rings. The summed E-state index contributed by atoms with van der Waals surface area (Å²) in [5.74, 6) is 3.54. The number of rotatable bonds is 9. The van der Waals surface area contributed by atoms with Gasteiger partial charge in [0.2, 0.25) is 0 Å². The van der Waals surface area contributed by atoms with Crippen molar-refractivity contribution >= 4 is 35.8 Å². The minimum Gasteiger partial charge on any atom is -0.493 e. The predicted molar refractivity (Wildman–Crippen MR) is 147 cm³/mol. The van der Waals surface area contributed by atoms with Crippen molar-refractivity contribution in [3.8, 4) is 11.5 Å². The summed E-state index contributed by atoms with van der Waals surface area (Å²) >= 11 is 0. The van der Waals surface area contributed by atoms with E-state index in [0.717, 1.165) is 68.6 Å². The van der Waals surface area contributed by atoms with Gasteiger partial charge >= 0.3 is 0 Å². The van der Waals surface area contributed by atoms with Crippen LogP contribution in [0.25, 0.3) is 0 Å². The van der Waals surface area contributed by atoms with E-state index < -0.39 is 0 Å². The molecule has 1 aliphatic heterocycles. The molecule has 2 heterocycles. The molecule has 1 aromatic carbocycles. The molecule has 0 bridgehead atoms. The normalized spacial score (nSPS) is 14.4. The second kappa shape index (κ2) is 14.1. The molecular weight excluding hydrogens is 529 g/mol. The summed E-state index contributed by atoms with van der Waals surface area (Å²) in [5.41, 5.74) is 2.44. The zero-order chi connectivity index (χ0) is 22.8. The summed E-state index contributed by atoms with van der Waals surface area (Å²) in [7, 11) is 3.50. The number of hydrogen-bond acceptors (Lipinski definition) is 5. The second-order valence-corrected chi connectivity index (χ2v) is 8.12. The van der Waals surface area contributed by atoms with E-state index in [1.165, 1.54) is 11.1 Å². The van der Waals surface area contributed by atoms with Crippen LogP contribution in [0.3, 0.4) is 0 Å². The number of aliphatic imine (C=N–C) groups is 1. The van der Waals surface area contributed by atoms with Crippen molar-refractivity contribution in [3.05, 3.63) is 47.7 Å². The lowest BCUT2D eigenvalue weighted by Crippen LogP contribution is -2.49. The van der Waals surface area contributed by atoms with E-state index in [2.05, 4.69) is 56.7 Å². The Balaban J connectivity index is 0.00000385. The van der Waals surface area contributed by atoms with Gasteiger partial charge in [0.05, 0.1) is 13.7 Å². The van der Waals surface area contributed by atoms with Crippen molar-refractivity contribution < 1.29 is 9.47 Å². The molecule has 182 valence electrons. The number of aromatic nitrogens is 1. The highest BCUT2D eigenvalue weighted by atomic mass is 127. The van der Waals surface area contributed by atoms with Crippen LogP contribution in [0.2, 0.25) is 0 Å². The summed E-state index contributed by atoms with van der Waals surface area (Å²) in [6.45, 7) is 7.55. The maximum Gasteiger partial charge on any atom is 0.191 e. The molecule has 0 aliphatic carbocycles. The highest BCUT2D eigenvalue weighted by Gasteiger charge is 2.20. The van der Waals surface area contributed by atoms with E-state index in [1.54, 1.807) is 7.11 Å². The Kier molecular flexibility index (Phi) is 11.6. The number of nitrogens with zero attached hydrogens (tertiary/aromatic N) is 3. The van der Waals surface area contributed by atoms with Gasteiger partial charge in [0.1, 0.15) is 5.82 Å². The topological polar surface area (TPSA) is 71.0 Å². The maximum atomic E-state index is 5.68. The van der Waals surface area contributed by atoms with Crippen LogP contribution in [-0.4, -0.2) is 57.4 Å². The third-order valence-corrected chi connectivity index (χ3v) is 5.74. The summed E-state index contributed by atoms with van der Waals surface area (Å²) < 4.78 is 11.0. The van der Waals surface area contributed by atoms with Crippen LogP contribution in [0.5, 0.6) is 11.5 Å². The molecule has 7 nitrogen and oxygen atoms in total. The number of nitrogens with one attached hydrogen (secondary N) is 2. The van der Waals surface area contributed by atoms with Gasteiger partial charge in [-0.3, -0.25) is 4.99 Å². The molecule has 0 spiro atoms. The maximum absolute atomic E-state index is 5.68. The molecular formula is C25H38IN5O2. The Morgan fingerprint density at radius 2 is 1.97 bits per heavy atom. The Labute approximate surface area is 215 Å². The number of anilines is 1. The summed E-state index contributed by atoms with van der Waals surface area (Å²) in [6, 6.07) is 10.8. The van der Waals surface area contributed by atoms with Crippen LogP contribution in [0.4, 0.5) is 5.82 Å². The second-order valence-electron chi connectivity index (χ2n) is 8.12. The molecule has 2 N–H and O–H groups in total. The molecule has 3 rings (SSSR count). The fraction of sp³-hybridized carbons (Fsp3) is 0.520. The molecule has 0 radical (unpaired) electrons. The fourth-order valence-electron chi connectivity index (χ4n) is 3.93. The average molecular weight is 568 g/mol. The standard InChI is InChI=1S/C25H37N5O2.HI/c1-5-32-23-17-20(9-10-22(23)31-4)7-6-14-27-25(26-3)29-21-12-15-30(16-13-21)24-11-8-19(2)18-28-24;/h8-11,17-18,21H,5-7,12-16H2,1-4H3,(H2,26,27,29);1H. The first-order valence-corrected chi connectivity index (χ1v) is 11.6. The number of pyridine rings is 1. The molecule has 0 atom stereocenters. The lowest BCUT2D eigenvalue weighted by atomic mass is 10.1. The molecule has 0 amide bonds. The zero-order valence-electron chi connectivity index (χ0n) is 20.3. The van der Waals surface area contributed by atoms with Gasteiger partial charge in [-0.05, 0) is 68.9 Å². The van der Waals surface area contributed by atoms with Crippen LogP contribution in [-0.2, 0) is 6.42 Å². The van der Waals surface area contributed by atoms with E-state index in [0.29, 0.717) is 12.6 Å². The smallest absolute Gasteiger partial charge is 0.191 e. The quantitative estimate of drug-likeness (QED) is 0.205. The van der Waals surface area contributed by atoms with E-state index in [1.807, 2.05) is 26.2 Å².